The molecule has 1 rings (SSSR count). The Morgan fingerprint density at radius 1 is 1.57 bits per heavy atom. The van der Waals surface area contributed by atoms with E-state index >= 15 is 0 Å². The largest absolute Gasteiger partial charge is 0.471 e. The zero-order valence-electron chi connectivity index (χ0n) is 7.82. The minimum absolute atomic E-state index is 0.117. The van der Waals surface area contributed by atoms with Crippen molar-refractivity contribution in [2.24, 2.45) is 11.7 Å². The fourth-order valence-electron chi connectivity index (χ4n) is 1.40. The summed E-state index contributed by atoms with van der Waals surface area (Å²) < 4.78 is 35.8. The average molecular weight is 210 g/mol. The first-order valence-corrected chi connectivity index (χ1v) is 4.41. The summed E-state index contributed by atoms with van der Waals surface area (Å²) in [4.78, 5) is 10.7. The lowest BCUT2D eigenvalue weighted by Crippen LogP contribution is -2.49. The Balaban J connectivity index is 2.57. The number of carbonyl (C=O) groups is 1. The SMILES string of the molecule is CC(CN)C1(NC(=O)C(F)(F)F)CC1. The van der Waals surface area contributed by atoms with Gasteiger partial charge in [0, 0.05) is 5.54 Å². The van der Waals surface area contributed by atoms with Crippen molar-refractivity contribution in [1.29, 1.82) is 0 Å². The number of halogens is 3. The summed E-state index contributed by atoms with van der Waals surface area (Å²) in [7, 11) is 0. The second kappa shape index (κ2) is 3.42. The Hall–Kier alpha value is -0.780. The van der Waals surface area contributed by atoms with Crippen LogP contribution in [0, 0.1) is 5.92 Å². The first kappa shape index (κ1) is 11.3. The number of rotatable bonds is 3. The number of nitrogens with one attached hydrogen (secondary N) is 1. The van der Waals surface area contributed by atoms with Gasteiger partial charge >= 0.3 is 12.1 Å². The molecule has 1 fully saturated rings. The van der Waals surface area contributed by atoms with Crippen molar-refractivity contribution >= 4 is 5.91 Å². The summed E-state index contributed by atoms with van der Waals surface area (Å²) in [6, 6.07) is 0. The molecule has 1 saturated carbocycles. The van der Waals surface area contributed by atoms with Gasteiger partial charge in [0.1, 0.15) is 0 Å². The molecule has 3 N–H and O–H groups in total. The van der Waals surface area contributed by atoms with E-state index in [2.05, 4.69) is 0 Å². The molecule has 1 unspecified atom stereocenters. The van der Waals surface area contributed by atoms with Gasteiger partial charge in [0.2, 0.25) is 0 Å². The van der Waals surface area contributed by atoms with Crippen LogP contribution in [0.25, 0.3) is 0 Å². The first-order chi connectivity index (χ1) is 6.32. The van der Waals surface area contributed by atoms with Crippen LogP contribution in [-0.4, -0.2) is 24.2 Å². The van der Waals surface area contributed by atoms with E-state index in [1.54, 1.807) is 6.92 Å². The maximum Gasteiger partial charge on any atom is 0.471 e. The fraction of sp³-hybridized carbons (Fsp3) is 0.875. The predicted octanol–water partition coefficient (Wildman–Crippen LogP) is 0.792. The van der Waals surface area contributed by atoms with Crippen LogP contribution in [0.1, 0.15) is 19.8 Å². The normalized spacial score (nSPS) is 21.5. The number of nitrogens with two attached hydrogens (primary N) is 1. The number of hydrogen-bond donors (Lipinski definition) is 2. The summed E-state index contributed by atoms with van der Waals surface area (Å²) in [6.07, 6.45) is -3.65. The van der Waals surface area contributed by atoms with Crippen LogP contribution in [0.15, 0.2) is 0 Å². The van der Waals surface area contributed by atoms with Gasteiger partial charge in [0.05, 0.1) is 0 Å². The minimum atomic E-state index is -4.80. The van der Waals surface area contributed by atoms with E-state index in [-0.39, 0.29) is 12.5 Å². The topological polar surface area (TPSA) is 55.1 Å². The molecule has 0 aliphatic heterocycles. The van der Waals surface area contributed by atoms with Crippen LogP contribution in [0.3, 0.4) is 0 Å². The molecule has 6 heteroatoms. The van der Waals surface area contributed by atoms with E-state index in [1.165, 1.54) is 0 Å². The van der Waals surface area contributed by atoms with Crippen molar-refractivity contribution in [3.8, 4) is 0 Å². The minimum Gasteiger partial charge on any atom is -0.343 e. The molecule has 0 aromatic heterocycles. The van der Waals surface area contributed by atoms with E-state index in [4.69, 9.17) is 5.73 Å². The summed E-state index contributed by atoms with van der Waals surface area (Å²) >= 11 is 0. The van der Waals surface area contributed by atoms with Crippen molar-refractivity contribution in [2.75, 3.05) is 6.54 Å². The Bertz CT molecular complexity index is 235. The lowest BCUT2D eigenvalue weighted by atomic mass is 10.00. The van der Waals surface area contributed by atoms with Gasteiger partial charge in [-0.1, -0.05) is 6.92 Å². The second-order valence-electron chi connectivity index (χ2n) is 3.74. The Kier molecular flexibility index (Phi) is 2.76. The smallest absolute Gasteiger partial charge is 0.343 e. The number of amides is 1. The standard InChI is InChI=1S/C8H13F3N2O/c1-5(4-12)7(2-3-7)13-6(14)8(9,10)11/h5H,2-4,12H2,1H3,(H,13,14). The van der Waals surface area contributed by atoms with Crippen LogP contribution >= 0.6 is 0 Å². The molecule has 0 radical (unpaired) electrons. The monoisotopic (exact) mass is 210 g/mol. The highest BCUT2D eigenvalue weighted by Crippen LogP contribution is 2.42. The van der Waals surface area contributed by atoms with Gasteiger partial charge in [-0.15, -0.1) is 0 Å². The number of carbonyl (C=O) groups excluding carboxylic acids is 1. The van der Waals surface area contributed by atoms with E-state index in [1.807, 2.05) is 5.32 Å². The quantitative estimate of drug-likeness (QED) is 0.723. The molecule has 14 heavy (non-hydrogen) atoms. The maximum absolute atomic E-state index is 11.9. The molecule has 82 valence electrons. The van der Waals surface area contributed by atoms with Crippen LogP contribution in [0.4, 0.5) is 13.2 Å². The third-order valence-electron chi connectivity index (χ3n) is 2.71. The highest BCUT2D eigenvalue weighted by atomic mass is 19.4. The summed E-state index contributed by atoms with van der Waals surface area (Å²) in [6.45, 7) is 2.02. The zero-order valence-corrected chi connectivity index (χ0v) is 7.82. The first-order valence-electron chi connectivity index (χ1n) is 4.41. The van der Waals surface area contributed by atoms with Gasteiger partial charge in [-0.3, -0.25) is 4.79 Å². The zero-order chi connectivity index (χ0) is 11.0. The van der Waals surface area contributed by atoms with Crippen molar-refractivity contribution < 1.29 is 18.0 Å². The Labute approximate surface area is 79.8 Å². The van der Waals surface area contributed by atoms with Crippen LogP contribution in [0.5, 0.6) is 0 Å². The van der Waals surface area contributed by atoms with Gasteiger partial charge in [-0.25, -0.2) is 0 Å². The second-order valence-corrected chi connectivity index (χ2v) is 3.74. The highest BCUT2D eigenvalue weighted by molar-refractivity contribution is 5.82. The van der Waals surface area contributed by atoms with Crippen LogP contribution < -0.4 is 11.1 Å². The van der Waals surface area contributed by atoms with Crippen molar-refractivity contribution in [1.82, 2.24) is 5.32 Å². The molecular formula is C8H13F3N2O. The molecule has 0 saturated heterocycles. The third kappa shape index (κ3) is 2.17. The Morgan fingerprint density at radius 3 is 2.36 bits per heavy atom. The van der Waals surface area contributed by atoms with E-state index < -0.39 is 17.6 Å². The third-order valence-corrected chi connectivity index (χ3v) is 2.71. The maximum atomic E-state index is 11.9. The molecule has 0 aromatic carbocycles. The van der Waals surface area contributed by atoms with Gasteiger partial charge in [0.15, 0.2) is 0 Å². The molecule has 1 atom stereocenters. The highest BCUT2D eigenvalue weighted by Gasteiger charge is 2.52. The predicted molar refractivity (Wildman–Crippen MR) is 44.4 cm³/mol. The van der Waals surface area contributed by atoms with E-state index in [0.717, 1.165) is 0 Å². The van der Waals surface area contributed by atoms with Gasteiger partial charge in [-0.05, 0) is 25.3 Å². The van der Waals surface area contributed by atoms with Crippen molar-refractivity contribution in [3.63, 3.8) is 0 Å². The molecule has 3 nitrogen and oxygen atoms in total. The summed E-state index contributed by atoms with van der Waals surface area (Å²) in [5.74, 6) is -1.98. The summed E-state index contributed by atoms with van der Waals surface area (Å²) in [5.41, 5.74) is 4.64. The molecule has 0 spiro atoms. The molecule has 1 aliphatic carbocycles. The van der Waals surface area contributed by atoms with Crippen molar-refractivity contribution in [3.05, 3.63) is 0 Å². The lowest BCUT2D eigenvalue weighted by Gasteiger charge is -2.23. The van der Waals surface area contributed by atoms with Crippen LogP contribution in [-0.2, 0) is 4.79 Å². The van der Waals surface area contributed by atoms with Gasteiger partial charge < -0.3 is 11.1 Å². The van der Waals surface area contributed by atoms with Gasteiger partial charge in [-0.2, -0.15) is 13.2 Å². The lowest BCUT2D eigenvalue weighted by molar-refractivity contribution is -0.175. The van der Waals surface area contributed by atoms with E-state index in [0.29, 0.717) is 12.8 Å². The fourth-order valence-corrected chi connectivity index (χ4v) is 1.40. The summed E-state index contributed by atoms with van der Waals surface area (Å²) in [5, 5.41) is 2.01. The Morgan fingerprint density at radius 2 is 2.07 bits per heavy atom. The van der Waals surface area contributed by atoms with E-state index in [9.17, 15) is 18.0 Å². The average Bonchev–Trinajstić information content (AvgIpc) is 2.82. The molecule has 0 aromatic rings. The molecule has 0 heterocycles. The van der Waals surface area contributed by atoms with Crippen molar-refractivity contribution in [2.45, 2.75) is 31.5 Å². The molecule has 0 bridgehead atoms. The van der Waals surface area contributed by atoms with Gasteiger partial charge in [0.25, 0.3) is 0 Å². The molecule has 1 aliphatic rings. The number of hydrogen-bond acceptors (Lipinski definition) is 2. The molecular weight excluding hydrogens is 197 g/mol. The number of alkyl halides is 3. The van der Waals surface area contributed by atoms with Crippen LogP contribution in [0.2, 0.25) is 0 Å². The molecule has 1 amide bonds.